The lowest BCUT2D eigenvalue weighted by molar-refractivity contribution is 0.152. The van der Waals surface area contributed by atoms with Crippen molar-refractivity contribution < 1.29 is 9.53 Å². The molecule has 0 rings (SSSR count). The van der Waals surface area contributed by atoms with Crippen LogP contribution in [0.4, 0.5) is 4.79 Å². The first-order valence-electron chi connectivity index (χ1n) is 4.65. The first kappa shape index (κ1) is 11.3. The van der Waals surface area contributed by atoms with Gasteiger partial charge >= 0.3 is 6.09 Å². The van der Waals surface area contributed by atoms with Crippen LogP contribution in [0.15, 0.2) is 0 Å². The van der Waals surface area contributed by atoms with Crippen molar-refractivity contribution in [2.75, 3.05) is 6.61 Å². The minimum Gasteiger partial charge on any atom is -0.448 e. The Kier molecular flexibility index (Phi) is 7.86. The molecule has 0 aromatic carbocycles. The van der Waals surface area contributed by atoms with E-state index in [1.165, 1.54) is 25.7 Å². The SMILES string of the molecule is CCCCCCCCOC([NH])=O. The summed E-state index contributed by atoms with van der Waals surface area (Å²) in [5, 5.41) is 0. The third-order valence-corrected chi connectivity index (χ3v) is 1.73. The summed E-state index contributed by atoms with van der Waals surface area (Å²) < 4.78 is 4.48. The summed E-state index contributed by atoms with van der Waals surface area (Å²) in [6, 6.07) is 0. The fourth-order valence-corrected chi connectivity index (χ4v) is 1.05. The highest BCUT2D eigenvalue weighted by atomic mass is 16.5. The first-order chi connectivity index (χ1) is 5.77. The van der Waals surface area contributed by atoms with Crippen LogP contribution in [0.2, 0.25) is 0 Å². The zero-order valence-corrected chi connectivity index (χ0v) is 7.77. The van der Waals surface area contributed by atoms with Crippen molar-refractivity contribution in [1.82, 2.24) is 5.73 Å². The Morgan fingerprint density at radius 1 is 1.17 bits per heavy atom. The van der Waals surface area contributed by atoms with E-state index in [9.17, 15) is 4.79 Å². The molecule has 0 aliphatic heterocycles. The van der Waals surface area contributed by atoms with Gasteiger partial charge in [0.2, 0.25) is 0 Å². The molecule has 0 aliphatic rings. The lowest BCUT2D eigenvalue weighted by Gasteiger charge is -2.00. The summed E-state index contributed by atoms with van der Waals surface area (Å²) in [5.41, 5.74) is 6.46. The van der Waals surface area contributed by atoms with Gasteiger partial charge in [0, 0.05) is 0 Å². The van der Waals surface area contributed by atoms with Crippen molar-refractivity contribution in [2.45, 2.75) is 45.4 Å². The number of unbranched alkanes of at least 4 members (excludes halogenated alkanes) is 5. The Balaban J connectivity index is 2.86. The lowest BCUT2D eigenvalue weighted by Crippen LogP contribution is -2.03. The average molecular weight is 172 g/mol. The molecule has 0 fully saturated rings. The van der Waals surface area contributed by atoms with Crippen molar-refractivity contribution in [1.29, 1.82) is 0 Å². The normalized spacial score (nSPS) is 9.75. The molecule has 0 aromatic rings. The van der Waals surface area contributed by atoms with Crippen LogP contribution < -0.4 is 5.73 Å². The van der Waals surface area contributed by atoms with Crippen molar-refractivity contribution in [3.05, 3.63) is 0 Å². The maximum absolute atomic E-state index is 10.0. The topological polar surface area (TPSA) is 50.1 Å². The van der Waals surface area contributed by atoms with Crippen LogP contribution in [-0.4, -0.2) is 12.7 Å². The van der Waals surface area contributed by atoms with E-state index >= 15 is 0 Å². The zero-order valence-electron chi connectivity index (χ0n) is 7.77. The van der Waals surface area contributed by atoms with Gasteiger partial charge in [-0.25, -0.2) is 10.5 Å². The van der Waals surface area contributed by atoms with Gasteiger partial charge in [-0.2, -0.15) is 0 Å². The number of carbonyl (C=O) groups is 1. The van der Waals surface area contributed by atoms with Crippen molar-refractivity contribution in [3.8, 4) is 0 Å². The van der Waals surface area contributed by atoms with Crippen LogP contribution in [0.3, 0.4) is 0 Å². The zero-order chi connectivity index (χ0) is 9.23. The van der Waals surface area contributed by atoms with Gasteiger partial charge in [-0.3, -0.25) is 0 Å². The molecule has 0 aromatic heterocycles. The van der Waals surface area contributed by atoms with Gasteiger partial charge in [0.25, 0.3) is 0 Å². The van der Waals surface area contributed by atoms with Gasteiger partial charge in [-0.15, -0.1) is 0 Å². The van der Waals surface area contributed by atoms with Crippen LogP contribution in [0.5, 0.6) is 0 Å². The number of amides is 1. The van der Waals surface area contributed by atoms with E-state index in [1.807, 2.05) is 0 Å². The highest BCUT2D eigenvalue weighted by Gasteiger charge is 1.93. The van der Waals surface area contributed by atoms with Gasteiger partial charge in [-0.05, 0) is 6.42 Å². The van der Waals surface area contributed by atoms with Crippen molar-refractivity contribution >= 4 is 6.09 Å². The number of carbonyl (C=O) groups excluding carboxylic acids is 1. The van der Waals surface area contributed by atoms with Gasteiger partial charge in [0.1, 0.15) is 0 Å². The molecule has 3 heteroatoms. The molecule has 1 radical (unpaired) electrons. The predicted molar refractivity (Wildman–Crippen MR) is 47.8 cm³/mol. The van der Waals surface area contributed by atoms with Crippen LogP contribution in [0.1, 0.15) is 45.4 Å². The standard InChI is InChI=1S/C9H18NO2/c1-2-3-4-5-6-7-8-12-9(10)11/h10H,2-8H2,1H3. The van der Waals surface area contributed by atoms with Crippen LogP contribution in [0, 0.1) is 0 Å². The molecule has 0 spiro atoms. The Morgan fingerprint density at radius 3 is 2.33 bits per heavy atom. The van der Waals surface area contributed by atoms with E-state index in [-0.39, 0.29) is 0 Å². The average Bonchev–Trinajstić information content (AvgIpc) is 2.02. The molecule has 12 heavy (non-hydrogen) atoms. The Morgan fingerprint density at radius 2 is 1.75 bits per heavy atom. The number of nitrogens with one attached hydrogen (secondary N) is 1. The van der Waals surface area contributed by atoms with E-state index in [1.54, 1.807) is 0 Å². The third-order valence-electron chi connectivity index (χ3n) is 1.73. The highest BCUT2D eigenvalue weighted by Crippen LogP contribution is 2.04. The lowest BCUT2D eigenvalue weighted by atomic mass is 10.1. The molecular weight excluding hydrogens is 154 g/mol. The summed E-state index contributed by atoms with van der Waals surface area (Å²) >= 11 is 0. The highest BCUT2D eigenvalue weighted by molar-refractivity contribution is 5.63. The minimum atomic E-state index is -0.913. The predicted octanol–water partition coefficient (Wildman–Crippen LogP) is 2.77. The van der Waals surface area contributed by atoms with Crippen molar-refractivity contribution in [2.24, 2.45) is 0 Å². The Labute approximate surface area is 74.3 Å². The second-order valence-corrected chi connectivity index (χ2v) is 2.90. The molecule has 0 saturated heterocycles. The number of ether oxygens (including phenoxy) is 1. The van der Waals surface area contributed by atoms with E-state index in [0.717, 1.165) is 12.8 Å². The molecule has 71 valence electrons. The Bertz CT molecular complexity index is 115. The Hall–Kier alpha value is -0.730. The van der Waals surface area contributed by atoms with Gasteiger partial charge < -0.3 is 4.74 Å². The molecule has 0 bridgehead atoms. The van der Waals surface area contributed by atoms with E-state index in [2.05, 4.69) is 11.7 Å². The smallest absolute Gasteiger partial charge is 0.426 e. The maximum Gasteiger partial charge on any atom is 0.426 e. The summed E-state index contributed by atoms with van der Waals surface area (Å²) in [6.07, 6.45) is 6.11. The van der Waals surface area contributed by atoms with Crippen LogP contribution in [-0.2, 0) is 4.74 Å². The largest absolute Gasteiger partial charge is 0.448 e. The molecule has 3 nitrogen and oxygen atoms in total. The van der Waals surface area contributed by atoms with Crippen LogP contribution >= 0.6 is 0 Å². The number of hydrogen-bond acceptors (Lipinski definition) is 2. The number of hydrogen-bond donors (Lipinski definition) is 0. The molecule has 1 amide bonds. The van der Waals surface area contributed by atoms with E-state index in [0.29, 0.717) is 6.61 Å². The first-order valence-corrected chi connectivity index (χ1v) is 4.65. The maximum atomic E-state index is 10.0. The summed E-state index contributed by atoms with van der Waals surface area (Å²) in [4.78, 5) is 10.0. The van der Waals surface area contributed by atoms with E-state index in [4.69, 9.17) is 5.73 Å². The molecule has 0 aliphatic carbocycles. The summed E-state index contributed by atoms with van der Waals surface area (Å²) in [7, 11) is 0. The number of rotatable bonds is 7. The molecule has 0 unspecified atom stereocenters. The van der Waals surface area contributed by atoms with E-state index < -0.39 is 6.09 Å². The van der Waals surface area contributed by atoms with Gasteiger partial charge in [0.15, 0.2) is 0 Å². The molecular formula is C9H18NO2. The molecule has 0 saturated carbocycles. The fourth-order valence-electron chi connectivity index (χ4n) is 1.05. The molecule has 0 heterocycles. The fraction of sp³-hybridized carbons (Fsp3) is 0.889. The monoisotopic (exact) mass is 172 g/mol. The minimum absolute atomic E-state index is 0.411. The molecule has 1 N–H and O–H groups in total. The van der Waals surface area contributed by atoms with Crippen LogP contribution in [0.25, 0.3) is 0 Å². The summed E-state index contributed by atoms with van der Waals surface area (Å²) in [6.45, 7) is 2.59. The second-order valence-electron chi connectivity index (χ2n) is 2.90. The van der Waals surface area contributed by atoms with Gasteiger partial charge in [0.05, 0.1) is 6.61 Å². The molecule has 0 atom stereocenters. The quantitative estimate of drug-likeness (QED) is 0.554. The third kappa shape index (κ3) is 9.27. The summed E-state index contributed by atoms with van der Waals surface area (Å²) in [5.74, 6) is 0. The second kappa shape index (κ2) is 8.37. The van der Waals surface area contributed by atoms with Gasteiger partial charge in [-0.1, -0.05) is 39.0 Å². The van der Waals surface area contributed by atoms with Crippen molar-refractivity contribution in [3.63, 3.8) is 0 Å².